The summed E-state index contributed by atoms with van der Waals surface area (Å²) < 4.78 is 1.68. The highest BCUT2D eigenvalue weighted by Gasteiger charge is 2.44. The minimum absolute atomic E-state index is 0.0306. The number of imidazole rings is 1. The highest BCUT2D eigenvalue weighted by Crippen LogP contribution is 2.38. The smallest absolute Gasteiger partial charge is 0.295 e. The quantitative estimate of drug-likeness (QED) is 0.310. The first-order chi connectivity index (χ1) is 16.0. The summed E-state index contributed by atoms with van der Waals surface area (Å²) in [5, 5.41) is 13.8. The second kappa shape index (κ2) is 9.54. The van der Waals surface area contributed by atoms with E-state index in [9.17, 15) is 14.7 Å². The Morgan fingerprint density at radius 3 is 2.64 bits per heavy atom. The first-order valence-corrected chi connectivity index (χ1v) is 11.4. The molecule has 1 aliphatic rings. The van der Waals surface area contributed by atoms with Crippen molar-refractivity contribution in [2.75, 3.05) is 26.2 Å². The molecule has 1 saturated heterocycles. The van der Waals surface area contributed by atoms with E-state index >= 15 is 0 Å². The molecule has 0 saturated carbocycles. The second-order valence-electron chi connectivity index (χ2n) is 8.29. The summed E-state index contributed by atoms with van der Waals surface area (Å²) in [6.45, 7) is 9.29. The summed E-state index contributed by atoms with van der Waals surface area (Å²) in [5.41, 5.74) is 2.07. The van der Waals surface area contributed by atoms with Crippen LogP contribution in [0.4, 0.5) is 0 Å². The fraction of sp³-hybridized carbons (Fsp3) is 0.360. The zero-order chi connectivity index (χ0) is 23.5. The molecule has 1 N–H and O–H groups in total. The van der Waals surface area contributed by atoms with Crippen molar-refractivity contribution in [1.29, 1.82) is 0 Å². The number of pyridine rings is 2. The lowest BCUT2D eigenvalue weighted by Gasteiger charge is -2.27. The Morgan fingerprint density at radius 1 is 1.15 bits per heavy atom. The number of amides is 1. The van der Waals surface area contributed by atoms with Gasteiger partial charge in [-0.3, -0.25) is 14.6 Å². The van der Waals surface area contributed by atoms with Crippen molar-refractivity contribution in [3.8, 4) is 0 Å². The van der Waals surface area contributed by atoms with Crippen LogP contribution in [0.3, 0.4) is 0 Å². The Bertz CT molecular complexity index is 1200. The molecule has 8 nitrogen and oxygen atoms in total. The summed E-state index contributed by atoms with van der Waals surface area (Å²) >= 11 is 0. The van der Waals surface area contributed by atoms with Crippen LogP contribution in [-0.4, -0.2) is 57.1 Å². The monoisotopic (exact) mass is 447 g/mol. The predicted molar refractivity (Wildman–Crippen MR) is 122 cm³/mol. The number of hydrogen-bond acceptors (Lipinski definition) is 5. The third kappa shape index (κ3) is 4.14. The highest BCUT2D eigenvalue weighted by atomic mass is 16.3. The number of aryl methyl sites for hydroxylation is 1. The predicted octanol–water partition coefficient (Wildman–Crippen LogP) is 0.577. The summed E-state index contributed by atoms with van der Waals surface area (Å²) in [4.78, 5) is 37.9. The SMILES string of the molecule is CC[NH+](CC)CCCN1C(=O)C(=O)C(=C([O-])c2c(C)nc3ccccn23)C1c1cccnc1. The molecule has 0 radical (unpaired) electrons. The van der Waals surface area contributed by atoms with Crippen molar-refractivity contribution in [1.82, 2.24) is 19.3 Å². The number of fused-ring (bicyclic) bond motifs is 1. The van der Waals surface area contributed by atoms with Gasteiger partial charge in [0.1, 0.15) is 5.65 Å². The number of nitrogens with zero attached hydrogens (tertiary/aromatic N) is 4. The Hall–Kier alpha value is -3.52. The van der Waals surface area contributed by atoms with Crippen LogP contribution < -0.4 is 10.0 Å². The number of hydrogen-bond donors (Lipinski definition) is 1. The van der Waals surface area contributed by atoms with Gasteiger partial charge in [-0.05, 0) is 44.5 Å². The minimum Gasteiger partial charge on any atom is -0.871 e. The summed E-state index contributed by atoms with van der Waals surface area (Å²) in [7, 11) is 0. The minimum atomic E-state index is -0.758. The van der Waals surface area contributed by atoms with Crippen LogP contribution in [0.2, 0.25) is 0 Å². The van der Waals surface area contributed by atoms with Crippen LogP contribution in [0.5, 0.6) is 0 Å². The number of carbonyl (C=O) groups excluding carboxylic acids is 2. The number of likely N-dealkylation sites (tertiary alicyclic amines) is 1. The number of rotatable bonds is 8. The lowest BCUT2D eigenvalue weighted by atomic mass is 9.97. The van der Waals surface area contributed by atoms with Gasteiger partial charge in [-0.25, -0.2) is 4.98 Å². The zero-order valence-corrected chi connectivity index (χ0v) is 19.2. The third-order valence-corrected chi connectivity index (χ3v) is 6.38. The van der Waals surface area contributed by atoms with Crippen molar-refractivity contribution in [2.45, 2.75) is 33.2 Å². The maximum Gasteiger partial charge on any atom is 0.295 e. The largest absolute Gasteiger partial charge is 0.871 e. The fourth-order valence-electron chi connectivity index (χ4n) is 4.60. The van der Waals surface area contributed by atoms with Crippen molar-refractivity contribution in [3.63, 3.8) is 0 Å². The molecule has 1 fully saturated rings. The van der Waals surface area contributed by atoms with E-state index in [4.69, 9.17) is 0 Å². The van der Waals surface area contributed by atoms with Crippen LogP contribution in [-0.2, 0) is 9.59 Å². The molecular weight excluding hydrogens is 418 g/mol. The average Bonchev–Trinajstić information content (AvgIpc) is 3.30. The standard InChI is InChI=1S/C25H29N5O3/c1-4-28(5-2)13-9-15-30-22(18-10-8-12-26-16-18)20(24(32)25(30)33)23(31)21-17(3)27-19-11-6-7-14-29(19)21/h6-8,10-12,14,16,22,31H,4-5,9,13,15H2,1-3H3. The van der Waals surface area contributed by atoms with Crippen LogP contribution in [0, 0.1) is 6.92 Å². The Kier molecular flexibility index (Phi) is 6.55. The molecule has 0 aromatic carbocycles. The topological polar surface area (TPSA) is 95.1 Å². The second-order valence-corrected chi connectivity index (χ2v) is 8.29. The molecule has 172 valence electrons. The Labute approximate surface area is 193 Å². The van der Waals surface area contributed by atoms with E-state index in [2.05, 4.69) is 23.8 Å². The summed E-state index contributed by atoms with van der Waals surface area (Å²) in [6.07, 6.45) is 5.73. The Balaban J connectivity index is 1.80. The van der Waals surface area contributed by atoms with E-state index < -0.39 is 23.5 Å². The summed E-state index contributed by atoms with van der Waals surface area (Å²) in [6, 6.07) is 8.25. The number of ketones is 1. The molecule has 1 atom stereocenters. The lowest BCUT2D eigenvalue weighted by Crippen LogP contribution is -3.11. The van der Waals surface area contributed by atoms with Gasteiger partial charge in [0.2, 0.25) is 5.78 Å². The van der Waals surface area contributed by atoms with Crippen LogP contribution >= 0.6 is 0 Å². The number of aromatic nitrogens is 3. The number of carbonyl (C=O) groups is 2. The molecule has 1 amide bonds. The van der Waals surface area contributed by atoms with Crippen LogP contribution in [0.1, 0.15) is 43.3 Å². The van der Waals surface area contributed by atoms with E-state index in [1.807, 2.05) is 6.07 Å². The van der Waals surface area contributed by atoms with Gasteiger partial charge in [-0.1, -0.05) is 17.9 Å². The first-order valence-electron chi connectivity index (χ1n) is 11.4. The van der Waals surface area contributed by atoms with Gasteiger partial charge in [-0.2, -0.15) is 0 Å². The molecule has 1 aliphatic heterocycles. The van der Waals surface area contributed by atoms with Gasteiger partial charge in [0.25, 0.3) is 5.91 Å². The van der Waals surface area contributed by atoms with Gasteiger partial charge in [0.05, 0.1) is 37.1 Å². The fourth-order valence-corrected chi connectivity index (χ4v) is 4.60. The third-order valence-electron chi connectivity index (χ3n) is 6.38. The first kappa shape index (κ1) is 22.7. The van der Waals surface area contributed by atoms with Crippen molar-refractivity contribution < 1.29 is 19.6 Å². The molecule has 8 heteroatoms. The zero-order valence-electron chi connectivity index (χ0n) is 19.2. The molecule has 1 unspecified atom stereocenters. The molecule has 0 bridgehead atoms. The molecule has 0 aliphatic carbocycles. The highest BCUT2D eigenvalue weighted by molar-refractivity contribution is 6.46. The van der Waals surface area contributed by atoms with Crippen molar-refractivity contribution in [3.05, 3.63) is 71.4 Å². The lowest BCUT2D eigenvalue weighted by molar-refractivity contribution is -0.896. The van der Waals surface area contributed by atoms with E-state index in [0.29, 0.717) is 29.1 Å². The van der Waals surface area contributed by atoms with E-state index in [0.717, 1.165) is 26.1 Å². The van der Waals surface area contributed by atoms with Gasteiger partial charge >= 0.3 is 0 Å². The van der Waals surface area contributed by atoms with Gasteiger partial charge < -0.3 is 19.3 Å². The maximum absolute atomic E-state index is 13.8. The molecule has 0 spiro atoms. The van der Waals surface area contributed by atoms with Crippen molar-refractivity contribution >= 4 is 23.1 Å². The summed E-state index contributed by atoms with van der Waals surface area (Å²) in [5.74, 6) is -1.84. The molecule has 4 heterocycles. The van der Waals surface area contributed by atoms with Gasteiger partial charge in [-0.15, -0.1) is 0 Å². The molecule has 4 rings (SSSR count). The normalized spacial score (nSPS) is 18.1. The average molecular weight is 448 g/mol. The number of Topliss-reactive ketones (excluding diaryl/α,β-unsaturated/α-hetero) is 1. The van der Waals surface area contributed by atoms with Gasteiger partial charge in [0.15, 0.2) is 0 Å². The van der Waals surface area contributed by atoms with Gasteiger partial charge in [0, 0.05) is 37.1 Å². The van der Waals surface area contributed by atoms with E-state index in [1.165, 1.54) is 9.80 Å². The van der Waals surface area contributed by atoms with Crippen LogP contribution in [0.15, 0.2) is 54.5 Å². The molecule has 3 aromatic heterocycles. The molecule has 33 heavy (non-hydrogen) atoms. The van der Waals surface area contributed by atoms with E-state index in [1.54, 1.807) is 54.2 Å². The maximum atomic E-state index is 13.8. The Morgan fingerprint density at radius 2 is 1.94 bits per heavy atom. The van der Waals surface area contributed by atoms with Crippen LogP contribution in [0.25, 0.3) is 11.4 Å². The number of quaternary nitrogens is 1. The van der Waals surface area contributed by atoms with E-state index in [-0.39, 0.29) is 5.57 Å². The van der Waals surface area contributed by atoms with Crippen molar-refractivity contribution in [2.24, 2.45) is 0 Å². The molecular formula is C25H29N5O3. The number of nitrogens with one attached hydrogen (secondary N) is 1. The molecule has 3 aromatic rings.